The summed E-state index contributed by atoms with van der Waals surface area (Å²) in [5, 5.41) is 0. The maximum Gasteiger partial charge on any atom is 0.0660 e. The van der Waals surface area contributed by atoms with Gasteiger partial charge in [0, 0.05) is 22.1 Å². The standard InChI is InChI=1S/C6H15NOP2/c9-7-4-2-1-3-6(7)5-8-10/h6H,1-5,9-10H2/t6-/m0/s1. The van der Waals surface area contributed by atoms with Gasteiger partial charge in [0.25, 0.3) is 0 Å². The van der Waals surface area contributed by atoms with Crippen molar-refractivity contribution in [1.82, 2.24) is 4.67 Å². The second kappa shape index (κ2) is 4.62. The van der Waals surface area contributed by atoms with Crippen molar-refractivity contribution in [3.05, 3.63) is 0 Å². The van der Waals surface area contributed by atoms with Crippen molar-refractivity contribution < 1.29 is 4.52 Å². The van der Waals surface area contributed by atoms with E-state index < -0.39 is 0 Å². The highest BCUT2D eigenvalue weighted by atomic mass is 31.0. The summed E-state index contributed by atoms with van der Waals surface area (Å²) in [6.07, 6.45) is 3.96. The molecule has 0 aromatic carbocycles. The van der Waals surface area contributed by atoms with Crippen LogP contribution in [0.2, 0.25) is 0 Å². The molecule has 0 bridgehead atoms. The lowest BCUT2D eigenvalue weighted by molar-refractivity contribution is 0.195. The summed E-state index contributed by atoms with van der Waals surface area (Å²) < 4.78 is 7.31. The monoisotopic (exact) mass is 179 g/mol. The van der Waals surface area contributed by atoms with Crippen LogP contribution >= 0.6 is 18.9 Å². The molecule has 2 nitrogen and oxygen atoms in total. The highest BCUT2D eigenvalue weighted by molar-refractivity contribution is 7.13. The molecule has 0 N–H and O–H groups in total. The molecule has 1 aliphatic heterocycles. The van der Waals surface area contributed by atoms with Crippen LogP contribution in [-0.4, -0.2) is 23.9 Å². The molecule has 2 unspecified atom stereocenters. The highest BCUT2D eigenvalue weighted by Gasteiger charge is 2.17. The zero-order chi connectivity index (χ0) is 7.40. The van der Waals surface area contributed by atoms with E-state index >= 15 is 0 Å². The molecule has 60 valence electrons. The molecule has 0 spiro atoms. The Labute approximate surface area is 67.2 Å². The van der Waals surface area contributed by atoms with Crippen LogP contribution in [0.3, 0.4) is 0 Å². The van der Waals surface area contributed by atoms with Gasteiger partial charge < -0.3 is 4.52 Å². The van der Waals surface area contributed by atoms with Crippen LogP contribution in [0.5, 0.6) is 0 Å². The van der Waals surface area contributed by atoms with Gasteiger partial charge in [0.1, 0.15) is 0 Å². The van der Waals surface area contributed by atoms with E-state index in [0.717, 1.165) is 6.61 Å². The van der Waals surface area contributed by atoms with Crippen molar-refractivity contribution in [3.63, 3.8) is 0 Å². The van der Waals surface area contributed by atoms with Gasteiger partial charge in [-0.2, -0.15) is 0 Å². The molecule has 1 fully saturated rings. The fraction of sp³-hybridized carbons (Fsp3) is 1.00. The molecule has 1 heterocycles. The minimum Gasteiger partial charge on any atom is -0.364 e. The van der Waals surface area contributed by atoms with Crippen molar-refractivity contribution >= 4 is 18.9 Å². The van der Waals surface area contributed by atoms with E-state index in [0.29, 0.717) is 6.04 Å². The molecule has 10 heavy (non-hydrogen) atoms. The summed E-state index contributed by atoms with van der Waals surface area (Å²) >= 11 is 0. The third-order valence-corrected chi connectivity index (χ3v) is 2.83. The highest BCUT2D eigenvalue weighted by Crippen LogP contribution is 2.20. The van der Waals surface area contributed by atoms with Gasteiger partial charge in [0.15, 0.2) is 0 Å². The average molecular weight is 179 g/mol. The second-order valence-corrected chi connectivity index (χ2v) is 3.72. The summed E-state index contributed by atoms with van der Waals surface area (Å²) in [6, 6.07) is 0.622. The molecule has 4 heteroatoms. The maximum atomic E-state index is 5.01. The lowest BCUT2D eigenvalue weighted by atomic mass is 10.1. The summed E-state index contributed by atoms with van der Waals surface area (Å²) in [5.74, 6) is 0. The molecule has 0 saturated carbocycles. The SMILES string of the molecule is POC[C@@H]1CCCCN1P. The quantitative estimate of drug-likeness (QED) is 0.594. The van der Waals surface area contributed by atoms with Crippen molar-refractivity contribution in [1.29, 1.82) is 0 Å². The predicted octanol–water partition coefficient (Wildman–Crippen LogP) is 1.44. The Bertz CT molecular complexity index is 99.7. The zero-order valence-corrected chi connectivity index (χ0v) is 8.43. The van der Waals surface area contributed by atoms with Gasteiger partial charge in [-0.1, -0.05) is 15.8 Å². The molecule has 0 aromatic heterocycles. The molecular weight excluding hydrogens is 164 g/mol. The number of piperidine rings is 1. The first-order valence-electron chi connectivity index (χ1n) is 3.67. The third kappa shape index (κ3) is 2.43. The van der Waals surface area contributed by atoms with Gasteiger partial charge in [0.05, 0.1) is 6.61 Å². The van der Waals surface area contributed by atoms with Crippen molar-refractivity contribution in [3.8, 4) is 0 Å². The van der Waals surface area contributed by atoms with E-state index in [1.807, 2.05) is 0 Å². The first-order chi connectivity index (χ1) is 4.84. The van der Waals surface area contributed by atoms with E-state index in [1.165, 1.54) is 25.8 Å². The predicted molar refractivity (Wildman–Crippen MR) is 49.7 cm³/mol. The molecule has 0 aromatic rings. The molecule has 0 amide bonds. The molecule has 3 atom stereocenters. The number of hydrogen-bond donors (Lipinski definition) is 0. The van der Waals surface area contributed by atoms with Crippen LogP contribution in [-0.2, 0) is 4.52 Å². The van der Waals surface area contributed by atoms with E-state index in [4.69, 9.17) is 4.52 Å². The molecule has 0 aliphatic carbocycles. The lowest BCUT2D eigenvalue weighted by Crippen LogP contribution is -2.34. The van der Waals surface area contributed by atoms with Crippen molar-refractivity contribution in [2.75, 3.05) is 13.2 Å². The minimum atomic E-state index is 0.622. The summed E-state index contributed by atoms with van der Waals surface area (Å²) in [7, 11) is 5.07. The fourth-order valence-electron chi connectivity index (χ4n) is 1.31. The van der Waals surface area contributed by atoms with Crippen LogP contribution in [0.1, 0.15) is 19.3 Å². The zero-order valence-electron chi connectivity index (χ0n) is 6.12. The fourth-order valence-corrected chi connectivity index (χ4v) is 1.95. The Hall–Kier alpha value is 0.780. The van der Waals surface area contributed by atoms with E-state index in [9.17, 15) is 0 Å². The minimum absolute atomic E-state index is 0.622. The average Bonchev–Trinajstić information content (AvgIpc) is 1.94. The first kappa shape index (κ1) is 8.87. The van der Waals surface area contributed by atoms with Gasteiger partial charge in [-0.15, -0.1) is 0 Å². The summed E-state index contributed by atoms with van der Waals surface area (Å²) in [6.45, 7) is 2.04. The molecular formula is C6H15NOP2. The van der Waals surface area contributed by atoms with Crippen LogP contribution in [0.25, 0.3) is 0 Å². The van der Waals surface area contributed by atoms with Gasteiger partial charge in [-0.25, -0.2) is 0 Å². The lowest BCUT2D eigenvalue weighted by Gasteiger charge is -2.31. The van der Waals surface area contributed by atoms with Gasteiger partial charge in [-0.3, -0.25) is 4.67 Å². The Morgan fingerprint density at radius 2 is 2.30 bits per heavy atom. The van der Waals surface area contributed by atoms with Crippen LogP contribution in [0.4, 0.5) is 0 Å². The van der Waals surface area contributed by atoms with Crippen LogP contribution in [0.15, 0.2) is 0 Å². The topological polar surface area (TPSA) is 12.5 Å². The van der Waals surface area contributed by atoms with E-state index in [1.54, 1.807) is 0 Å². The van der Waals surface area contributed by atoms with Crippen LogP contribution < -0.4 is 0 Å². The Kier molecular flexibility index (Phi) is 4.10. The number of nitrogens with zero attached hydrogens (tertiary/aromatic N) is 1. The van der Waals surface area contributed by atoms with Gasteiger partial charge in [-0.05, 0) is 12.8 Å². The molecule has 1 aliphatic rings. The van der Waals surface area contributed by atoms with Crippen molar-refractivity contribution in [2.45, 2.75) is 25.3 Å². The van der Waals surface area contributed by atoms with E-state index in [2.05, 4.69) is 23.5 Å². The smallest absolute Gasteiger partial charge is 0.0660 e. The van der Waals surface area contributed by atoms with E-state index in [-0.39, 0.29) is 0 Å². The Balaban J connectivity index is 2.25. The normalized spacial score (nSPS) is 28.8. The molecule has 0 radical (unpaired) electrons. The second-order valence-electron chi connectivity index (χ2n) is 2.72. The van der Waals surface area contributed by atoms with Gasteiger partial charge in [0.2, 0.25) is 0 Å². The van der Waals surface area contributed by atoms with Crippen molar-refractivity contribution in [2.24, 2.45) is 0 Å². The Morgan fingerprint density at radius 1 is 1.50 bits per heavy atom. The Morgan fingerprint density at radius 3 is 2.90 bits per heavy atom. The summed E-state index contributed by atoms with van der Waals surface area (Å²) in [4.78, 5) is 0. The summed E-state index contributed by atoms with van der Waals surface area (Å²) in [5.41, 5.74) is 0. The van der Waals surface area contributed by atoms with Gasteiger partial charge >= 0.3 is 0 Å². The number of rotatable bonds is 2. The first-order valence-corrected chi connectivity index (χ1v) is 4.66. The number of hydrogen-bond acceptors (Lipinski definition) is 2. The molecule has 1 saturated heterocycles. The third-order valence-electron chi connectivity index (χ3n) is 1.96. The molecule has 1 rings (SSSR count). The van der Waals surface area contributed by atoms with Crippen LogP contribution in [0, 0.1) is 0 Å². The largest absolute Gasteiger partial charge is 0.364 e. The maximum absolute atomic E-state index is 5.01.